The summed E-state index contributed by atoms with van der Waals surface area (Å²) in [6, 6.07) is 18.9. The third-order valence-corrected chi connectivity index (χ3v) is 3.26. The largest absolute Gasteiger partial charge is 0.378 e. The van der Waals surface area contributed by atoms with Gasteiger partial charge in [-0.2, -0.15) is 0 Å². The molecule has 0 radical (unpaired) electrons. The maximum absolute atomic E-state index is 4.23. The van der Waals surface area contributed by atoms with Crippen molar-refractivity contribution >= 4 is 5.69 Å². The Morgan fingerprint density at radius 2 is 1.75 bits per heavy atom. The number of H-pyrrole nitrogens is 1. The van der Waals surface area contributed by atoms with E-state index in [1.165, 1.54) is 11.1 Å². The van der Waals surface area contributed by atoms with E-state index in [0.29, 0.717) is 6.54 Å². The maximum Gasteiger partial charge on any atom is 0.125 e. The highest BCUT2D eigenvalue weighted by molar-refractivity contribution is 5.52. The molecule has 0 saturated carbocycles. The summed E-state index contributed by atoms with van der Waals surface area (Å²) >= 11 is 0. The molecule has 1 heterocycles. The number of nitrogens with zero attached hydrogens (tertiary/aromatic N) is 1. The molecule has 0 unspecified atom stereocenters. The standard InChI is InChI=1S/C17H17N3/c1-2-6-14(7-3-1)12-15-8-4-5-9-16(15)20-13-17-18-10-11-19-17/h1-11,20H,12-13H2,(H,18,19). The first-order valence-corrected chi connectivity index (χ1v) is 6.76. The molecule has 0 amide bonds. The molecule has 0 bridgehead atoms. The Hall–Kier alpha value is -2.55. The predicted molar refractivity (Wildman–Crippen MR) is 81.6 cm³/mol. The van der Waals surface area contributed by atoms with E-state index in [1.54, 1.807) is 6.20 Å². The van der Waals surface area contributed by atoms with Gasteiger partial charge in [-0.15, -0.1) is 0 Å². The Morgan fingerprint density at radius 1 is 0.950 bits per heavy atom. The summed E-state index contributed by atoms with van der Waals surface area (Å²) in [6.45, 7) is 0.707. The molecule has 2 aromatic carbocycles. The summed E-state index contributed by atoms with van der Waals surface area (Å²) in [7, 11) is 0. The zero-order valence-corrected chi connectivity index (χ0v) is 11.2. The van der Waals surface area contributed by atoms with Crippen molar-refractivity contribution in [2.45, 2.75) is 13.0 Å². The molecule has 100 valence electrons. The number of para-hydroxylation sites is 1. The number of nitrogens with one attached hydrogen (secondary N) is 2. The van der Waals surface area contributed by atoms with Crippen molar-refractivity contribution in [2.24, 2.45) is 0 Å². The molecule has 2 N–H and O–H groups in total. The molecule has 3 aromatic rings. The smallest absolute Gasteiger partial charge is 0.125 e. The summed E-state index contributed by atoms with van der Waals surface area (Å²) in [5, 5.41) is 3.44. The van der Waals surface area contributed by atoms with Crippen LogP contribution in [-0.4, -0.2) is 9.97 Å². The average Bonchev–Trinajstić information content (AvgIpc) is 3.01. The maximum atomic E-state index is 4.23. The molecule has 0 aliphatic carbocycles. The lowest BCUT2D eigenvalue weighted by atomic mass is 10.0. The number of anilines is 1. The SMILES string of the molecule is c1ccc(Cc2ccccc2NCc2ncc[nH]2)cc1. The quantitative estimate of drug-likeness (QED) is 0.738. The molecule has 3 nitrogen and oxygen atoms in total. The van der Waals surface area contributed by atoms with Crippen LogP contribution in [0.2, 0.25) is 0 Å². The van der Waals surface area contributed by atoms with Gasteiger partial charge in [0.2, 0.25) is 0 Å². The molecular formula is C17H17N3. The average molecular weight is 263 g/mol. The van der Waals surface area contributed by atoms with Gasteiger partial charge in [-0.3, -0.25) is 0 Å². The fourth-order valence-corrected chi connectivity index (χ4v) is 2.24. The minimum atomic E-state index is 0.707. The number of hydrogen-bond donors (Lipinski definition) is 2. The number of rotatable bonds is 5. The lowest BCUT2D eigenvalue weighted by molar-refractivity contribution is 0.994. The van der Waals surface area contributed by atoms with Crippen molar-refractivity contribution in [1.82, 2.24) is 9.97 Å². The third kappa shape index (κ3) is 3.06. The number of aromatic nitrogens is 2. The van der Waals surface area contributed by atoms with Crippen molar-refractivity contribution in [3.63, 3.8) is 0 Å². The second-order valence-electron chi connectivity index (χ2n) is 4.71. The Kier molecular flexibility index (Phi) is 3.78. The zero-order valence-electron chi connectivity index (χ0n) is 11.2. The number of imidazole rings is 1. The van der Waals surface area contributed by atoms with E-state index in [2.05, 4.69) is 63.8 Å². The summed E-state index contributed by atoms with van der Waals surface area (Å²) in [5.41, 5.74) is 3.78. The number of benzene rings is 2. The summed E-state index contributed by atoms with van der Waals surface area (Å²) < 4.78 is 0. The predicted octanol–water partition coefficient (Wildman–Crippen LogP) is 3.61. The fourth-order valence-electron chi connectivity index (χ4n) is 2.24. The van der Waals surface area contributed by atoms with Gasteiger partial charge in [0.05, 0.1) is 6.54 Å². The van der Waals surface area contributed by atoms with Crippen molar-refractivity contribution in [2.75, 3.05) is 5.32 Å². The minimum Gasteiger partial charge on any atom is -0.378 e. The van der Waals surface area contributed by atoms with E-state index in [0.717, 1.165) is 17.9 Å². The van der Waals surface area contributed by atoms with E-state index in [4.69, 9.17) is 0 Å². The van der Waals surface area contributed by atoms with Crippen LogP contribution in [0, 0.1) is 0 Å². The van der Waals surface area contributed by atoms with Gasteiger partial charge in [-0.05, 0) is 23.6 Å². The van der Waals surface area contributed by atoms with Crippen LogP contribution in [-0.2, 0) is 13.0 Å². The van der Waals surface area contributed by atoms with Crippen molar-refractivity contribution in [3.8, 4) is 0 Å². The van der Waals surface area contributed by atoms with Gasteiger partial charge in [0.15, 0.2) is 0 Å². The van der Waals surface area contributed by atoms with Crippen molar-refractivity contribution in [1.29, 1.82) is 0 Å². The molecule has 0 atom stereocenters. The first-order valence-electron chi connectivity index (χ1n) is 6.76. The van der Waals surface area contributed by atoms with Gasteiger partial charge in [0.25, 0.3) is 0 Å². The normalized spacial score (nSPS) is 10.4. The topological polar surface area (TPSA) is 40.7 Å². The zero-order chi connectivity index (χ0) is 13.6. The fraction of sp³-hybridized carbons (Fsp3) is 0.118. The number of aromatic amines is 1. The Morgan fingerprint density at radius 3 is 2.55 bits per heavy atom. The number of hydrogen-bond acceptors (Lipinski definition) is 2. The van der Waals surface area contributed by atoms with Crippen LogP contribution < -0.4 is 5.32 Å². The highest BCUT2D eigenvalue weighted by atomic mass is 15.0. The summed E-state index contributed by atoms with van der Waals surface area (Å²) in [6.07, 6.45) is 4.54. The van der Waals surface area contributed by atoms with Gasteiger partial charge < -0.3 is 10.3 Å². The molecular weight excluding hydrogens is 246 g/mol. The van der Waals surface area contributed by atoms with E-state index in [-0.39, 0.29) is 0 Å². The molecule has 0 fully saturated rings. The van der Waals surface area contributed by atoms with Gasteiger partial charge in [0, 0.05) is 18.1 Å². The van der Waals surface area contributed by atoms with E-state index < -0.39 is 0 Å². The summed E-state index contributed by atoms with van der Waals surface area (Å²) in [5.74, 6) is 0.944. The van der Waals surface area contributed by atoms with Gasteiger partial charge in [0.1, 0.15) is 5.82 Å². The second-order valence-corrected chi connectivity index (χ2v) is 4.71. The molecule has 0 saturated heterocycles. The highest BCUT2D eigenvalue weighted by Gasteiger charge is 2.03. The van der Waals surface area contributed by atoms with Crippen LogP contribution in [0.15, 0.2) is 67.0 Å². The van der Waals surface area contributed by atoms with E-state index in [1.807, 2.05) is 12.3 Å². The first-order chi connectivity index (χ1) is 9.92. The van der Waals surface area contributed by atoms with Gasteiger partial charge >= 0.3 is 0 Å². The highest BCUT2D eigenvalue weighted by Crippen LogP contribution is 2.19. The van der Waals surface area contributed by atoms with Crippen molar-refractivity contribution < 1.29 is 0 Å². The molecule has 20 heavy (non-hydrogen) atoms. The van der Waals surface area contributed by atoms with E-state index in [9.17, 15) is 0 Å². The molecule has 3 heteroatoms. The molecule has 0 spiro atoms. The molecule has 0 aliphatic heterocycles. The first kappa shape index (κ1) is 12.5. The molecule has 3 rings (SSSR count). The van der Waals surface area contributed by atoms with Crippen LogP contribution >= 0.6 is 0 Å². The summed E-state index contributed by atoms with van der Waals surface area (Å²) in [4.78, 5) is 7.33. The molecule has 0 aliphatic rings. The van der Waals surface area contributed by atoms with Crippen LogP contribution in [0.25, 0.3) is 0 Å². The third-order valence-electron chi connectivity index (χ3n) is 3.26. The Labute approximate surface area is 118 Å². The lowest BCUT2D eigenvalue weighted by Crippen LogP contribution is -2.04. The van der Waals surface area contributed by atoms with Crippen LogP contribution in [0.1, 0.15) is 17.0 Å². The monoisotopic (exact) mass is 263 g/mol. The van der Waals surface area contributed by atoms with Crippen LogP contribution in [0.3, 0.4) is 0 Å². The Balaban J connectivity index is 1.74. The van der Waals surface area contributed by atoms with E-state index >= 15 is 0 Å². The minimum absolute atomic E-state index is 0.707. The molecule has 1 aromatic heterocycles. The van der Waals surface area contributed by atoms with Gasteiger partial charge in [-0.25, -0.2) is 4.98 Å². The second kappa shape index (κ2) is 6.06. The lowest BCUT2D eigenvalue weighted by Gasteiger charge is -2.11. The Bertz CT molecular complexity index is 645. The van der Waals surface area contributed by atoms with Crippen molar-refractivity contribution in [3.05, 3.63) is 83.9 Å². The van der Waals surface area contributed by atoms with Gasteiger partial charge in [-0.1, -0.05) is 48.5 Å². The van der Waals surface area contributed by atoms with Crippen LogP contribution in [0.4, 0.5) is 5.69 Å². The van der Waals surface area contributed by atoms with Crippen LogP contribution in [0.5, 0.6) is 0 Å².